The molecule has 2 aromatic rings. The highest BCUT2D eigenvalue weighted by molar-refractivity contribution is 5.85. The Bertz CT molecular complexity index is 487. The Morgan fingerprint density at radius 2 is 1.65 bits per heavy atom. The van der Waals surface area contributed by atoms with Gasteiger partial charge in [0.25, 0.3) is 0 Å². The van der Waals surface area contributed by atoms with Gasteiger partial charge in [-0.3, -0.25) is 0 Å². The molecule has 1 N–H and O–H groups in total. The molecule has 0 aromatic heterocycles. The molecule has 0 amide bonds. The third kappa shape index (κ3) is 5.24. The predicted molar refractivity (Wildman–Crippen MR) is 86.7 cm³/mol. The molecular weight excluding hydrogens is 270 g/mol. The maximum absolute atomic E-state index is 5.61. The Kier molecular flexibility index (Phi) is 7.78. The van der Waals surface area contributed by atoms with Gasteiger partial charge >= 0.3 is 0 Å². The molecule has 0 aliphatic carbocycles. The summed E-state index contributed by atoms with van der Waals surface area (Å²) in [6, 6.07) is 18.7. The first-order chi connectivity index (χ1) is 9.40. The SMILES string of the molecule is CCOc1ccccc1CNCCc1ccccc1.Cl. The van der Waals surface area contributed by atoms with Crippen LogP contribution in [0, 0.1) is 0 Å². The van der Waals surface area contributed by atoms with Gasteiger partial charge in [-0.15, -0.1) is 12.4 Å². The van der Waals surface area contributed by atoms with Crippen molar-refractivity contribution in [2.75, 3.05) is 13.2 Å². The van der Waals surface area contributed by atoms with Crippen molar-refractivity contribution in [2.45, 2.75) is 19.9 Å². The van der Waals surface area contributed by atoms with E-state index in [1.165, 1.54) is 11.1 Å². The molecule has 0 spiro atoms. The lowest BCUT2D eigenvalue weighted by atomic mass is 10.1. The van der Waals surface area contributed by atoms with Gasteiger partial charge in [-0.25, -0.2) is 0 Å². The molecule has 0 radical (unpaired) electrons. The maximum Gasteiger partial charge on any atom is 0.123 e. The van der Waals surface area contributed by atoms with Crippen molar-refractivity contribution in [3.05, 3.63) is 65.7 Å². The van der Waals surface area contributed by atoms with Crippen LogP contribution < -0.4 is 10.1 Å². The molecule has 0 atom stereocenters. The van der Waals surface area contributed by atoms with Crippen LogP contribution in [0.3, 0.4) is 0 Å². The molecule has 2 aromatic carbocycles. The molecule has 108 valence electrons. The van der Waals surface area contributed by atoms with Crippen LogP contribution >= 0.6 is 12.4 Å². The average molecular weight is 292 g/mol. The zero-order chi connectivity index (χ0) is 13.3. The molecule has 0 saturated carbocycles. The summed E-state index contributed by atoms with van der Waals surface area (Å²) in [6.07, 6.45) is 1.05. The molecule has 0 aliphatic rings. The van der Waals surface area contributed by atoms with E-state index in [4.69, 9.17) is 4.74 Å². The average Bonchev–Trinajstić information content (AvgIpc) is 2.47. The van der Waals surface area contributed by atoms with E-state index in [9.17, 15) is 0 Å². The molecule has 2 nitrogen and oxygen atoms in total. The molecule has 0 aliphatic heterocycles. The number of hydrogen-bond acceptors (Lipinski definition) is 2. The van der Waals surface area contributed by atoms with Gasteiger partial charge in [-0.2, -0.15) is 0 Å². The van der Waals surface area contributed by atoms with E-state index in [0.29, 0.717) is 6.61 Å². The lowest BCUT2D eigenvalue weighted by Gasteiger charge is -2.10. The number of nitrogens with one attached hydrogen (secondary N) is 1. The van der Waals surface area contributed by atoms with Gasteiger partial charge in [0.05, 0.1) is 6.61 Å². The number of benzene rings is 2. The van der Waals surface area contributed by atoms with Crippen molar-refractivity contribution in [3.63, 3.8) is 0 Å². The molecule has 20 heavy (non-hydrogen) atoms. The summed E-state index contributed by atoms with van der Waals surface area (Å²) >= 11 is 0. The lowest BCUT2D eigenvalue weighted by molar-refractivity contribution is 0.335. The second-order valence-electron chi connectivity index (χ2n) is 4.45. The number of hydrogen-bond donors (Lipinski definition) is 1. The molecule has 2 rings (SSSR count). The van der Waals surface area contributed by atoms with Crippen molar-refractivity contribution in [1.29, 1.82) is 0 Å². The standard InChI is InChI=1S/C17H21NO.ClH/c1-2-19-17-11-7-6-10-16(17)14-18-13-12-15-8-4-3-5-9-15;/h3-11,18H,2,12-14H2,1H3;1H. The molecule has 0 bridgehead atoms. The van der Waals surface area contributed by atoms with Gasteiger partial charge in [-0.05, 0) is 31.5 Å². The van der Waals surface area contributed by atoms with E-state index < -0.39 is 0 Å². The van der Waals surface area contributed by atoms with E-state index in [0.717, 1.165) is 25.3 Å². The van der Waals surface area contributed by atoms with Gasteiger partial charge < -0.3 is 10.1 Å². The van der Waals surface area contributed by atoms with Crippen LogP contribution in [-0.2, 0) is 13.0 Å². The zero-order valence-corrected chi connectivity index (χ0v) is 12.7. The Balaban J connectivity index is 0.00000200. The third-order valence-corrected chi connectivity index (χ3v) is 3.02. The second-order valence-corrected chi connectivity index (χ2v) is 4.45. The fraction of sp³-hybridized carbons (Fsp3) is 0.294. The van der Waals surface area contributed by atoms with Crippen molar-refractivity contribution in [2.24, 2.45) is 0 Å². The van der Waals surface area contributed by atoms with Crippen LogP contribution in [0.1, 0.15) is 18.1 Å². The van der Waals surface area contributed by atoms with Crippen LogP contribution in [0.5, 0.6) is 5.75 Å². The summed E-state index contributed by atoms with van der Waals surface area (Å²) in [4.78, 5) is 0. The van der Waals surface area contributed by atoms with E-state index in [1.807, 2.05) is 19.1 Å². The normalized spacial score (nSPS) is 9.85. The van der Waals surface area contributed by atoms with E-state index in [2.05, 4.69) is 47.8 Å². The fourth-order valence-corrected chi connectivity index (χ4v) is 2.05. The second kappa shape index (κ2) is 9.40. The van der Waals surface area contributed by atoms with Crippen molar-refractivity contribution >= 4 is 12.4 Å². The number of para-hydroxylation sites is 1. The molecule has 0 fully saturated rings. The Labute approximate surface area is 127 Å². The van der Waals surface area contributed by atoms with Gasteiger partial charge in [0, 0.05) is 12.1 Å². The Morgan fingerprint density at radius 3 is 2.40 bits per heavy atom. The fourth-order valence-electron chi connectivity index (χ4n) is 2.05. The van der Waals surface area contributed by atoms with E-state index >= 15 is 0 Å². The number of ether oxygens (including phenoxy) is 1. The van der Waals surface area contributed by atoms with Crippen LogP contribution in [0.2, 0.25) is 0 Å². The minimum absolute atomic E-state index is 0. The van der Waals surface area contributed by atoms with Crippen molar-refractivity contribution in [3.8, 4) is 5.75 Å². The van der Waals surface area contributed by atoms with Gasteiger partial charge in [-0.1, -0.05) is 48.5 Å². The number of rotatable bonds is 7. The predicted octanol–water partition coefficient (Wildman–Crippen LogP) is 3.84. The Hall–Kier alpha value is -1.51. The van der Waals surface area contributed by atoms with Crippen LogP contribution in [-0.4, -0.2) is 13.2 Å². The van der Waals surface area contributed by atoms with E-state index in [1.54, 1.807) is 0 Å². The molecule has 3 heteroatoms. The zero-order valence-electron chi connectivity index (χ0n) is 11.8. The van der Waals surface area contributed by atoms with E-state index in [-0.39, 0.29) is 12.4 Å². The summed E-state index contributed by atoms with van der Waals surface area (Å²) in [5.74, 6) is 0.984. The quantitative estimate of drug-likeness (QED) is 0.783. The highest BCUT2D eigenvalue weighted by atomic mass is 35.5. The lowest BCUT2D eigenvalue weighted by Crippen LogP contribution is -2.17. The molecule has 0 heterocycles. The summed E-state index contributed by atoms with van der Waals surface area (Å²) in [5.41, 5.74) is 2.59. The van der Waals surface area contributed by atoms with Gasteiger partial charge in [0.2, 0.25) is 0 Å². The molecule has 0 unspecified atom stereocenters. The molecular formula is C17H22ClNO. The van der Waals surface area contributed by atoms with Crippen molar-refractivity contribution in [1.82, 2.24) is 5.32 Å². The first kappa shape index (κ1) is 16.5. The summed E-state index contributed by atoms with van der Waals surface area (Å²) in [7, 11) is 0. The van der Waals surface area contributed by atoms with Crippen LogP contribution in [0.25, 0.3) is 0 Å². The highest BCUT2D eigenvalue weighted by Gasteiger charge is 2.01. The summed E-state index contributed by atoms with van der Waals surface area (Å²) < 4.78 is 5.61. The van der Waals surface area contributed by atoms with Crippen LogP contribution in [0.4, 0.5) is 0 Å². The topological polar surface area (TPSA) is 21.3 Å². The minimum atomic E-state index is 0. The largest absolute Gasteiger partial charge is 0.494 e. The summed E-state index contributed by atoms with van der Waals surface area (Å²) in [5, 5.41) is 3.47. The first-order valence-corrected chi connectivity index (χ1v) is 6.85. The Morgan fingerprint density at radius 1 is 0.950 bits per heavy atom. The summed E-state index contributed by atoms with van der Waals surface area (Å²) in [6.45, 7) is 4.55. The number of halogens is 1. The highest BCUT2D eigenvalue weighted by Crippen LogP contribution is 2.17. The van der Waals surface area contributed by atoms with Crippen LogP contribution in [0.15, 0.2) is 54.6 Å². The van der Waals surface area contributed by atoms with Crippen molar-refractivity contribution < 1.29 is 4.74 Å². The van der Waals surface area contributed by atoms with Gasteiger partial charge in [0.15, 0.2) is 0 Å². The minimum Gasteiger partial charge on any atom is -0.494 e. The smallest absolute Gasteiger partial charge is 0.123 e. The first-order valence-electron chi connectivity index (χ1n) is 6.85. The maximum atomic E-state index is 5.61. The van der Waals surface area contributed by atoms with Gasteiger partial charge in [0.1, 0.15) is 5.75 Å². The molecule has 0 saturated heterocycles. The third-order valence-electron chi connectivity index (χ3n) is 3.02. The monoisotopic (exact) mass is 291 g/mol.